The summed E-state index contributed by atoms with van der Waals surface area (Å²) in [5, 5.41) is 10.7. The maximum atomic E-state index is 11.9. The van der Waals surface area contributed by atoms with E-state index in [1.165, 1.54) is 23.5 Å². The number of hydrogen-bond donors (Lipinski definition) is 1. The molecule has 1 aromatic heterocycles. The van der Waals surface area contributed by atoms with Crippen molar-refractivity contribution in [3.05, 3.63) is 46.3 Å². The molecule has 0 radical (unpaired) electrons. The normalized spacial score (nSPS) is 12.4. The molecule has 1 aromatic carbocycles. The highest BCUT2D eigenvalue weighted by atomic mass is 32.1. The van der Waals surface area contributed by atoms with Crippen LogP contribution in [-0.2, 0) is 0 Å². The van der Waals surface area contributed by atoms with Crippen molar-refractivity contribution in [2.24, 2.45) is 0 Å². The molecule has 0 unspecified atom stereocenters. The summed E-state index contributed by atoms with van der Waals surface area (Å²) < 4.78 is 0. The van der Waals surface area contributed by atoms with Gasteiger partial charge in [0, 0.05) is 21.6 Å². The molecule has 2 aromatic rings. The van der Waals surface area contributed by atoms with E-state index in [-0.39, 0.29) is 11.3 Å². The predicted octanol–water partition coefficient (Wildman–Crippen LogP) is 2.66. The van der Waals surface area contributed by atoms with Gasteiger partial charge in [-0.25, -0.2) is 4.79 Å². The van der Waals surface area contributed by atoms with Crippen molar-refractivity contribution in [3.63, 3.8) is 0 Å². The Balaban J connectivity index is 2.27. The first kappa shape index (κ1) is 9.30. The minimum Gasteiger partial charge on any atom is -0.478 e. The average molecular weight is 230 g/mol. The zero-order valence-electron chi connectivity index (χ0n) is 8.06. The van der Waals surface area contributed by atoms with E-state index >= 15 is 0 Å². The van der Waals surface area contributed by atoms with E-state index in [4.69, 9.17) is 5.11 Å². The second kappa shape index (κ2) is 3.02. The third-order valence-corrected chi connectivity index (χ3v) is 3.61. The Bertz CT molecular complexity index is 625. The monoisotopic (exact) mass is 230 g/mol. The first-order valence-electron chi connectivity index (χ1n) is 4.68. The molecule has 0 aliphatic heterocycles. The molecule has 1 aliphatic carbocycles. The molecular formula is C12H6O3S. The molecule has 0 saturated heterocycles. The van der Waals surface area contributed by atoms with Gasteiger partial charge in [-0.2, -0.15) is 0 Å². The van der Waals surface area contributed by atoms with Gasteiger partial charge in [-0.3, -0.25) is 4.79 Å². The third-order valence-electron chi connectivity index (χ3n) is 2.67. The summed E-state index contributed by atoms with van der Waals surface area (Å²) in [6, 6.07) is 6.47. The number of aromatic carboxylic acids is 1. The molecule has 4 heteroatoms. The lowest BCUT2D eigenvalue weighted by atomic mass is 10.1. The molecule has 3 rings (SSSR count). The number of carbonyl (C=O) groups excluding carboxylic acids is 1. The van der Waals surface area contributed by atoms with Crippen LogP contribution in [-0.4, -0.2) is 16.9 Å². The van der Waals surface area contributed by atoms with E-state index < -0.39 is 5.97 Å². The van der Waals surface area contributed by atoms with E-state index in [0.717, 1.165) is 10.4 Å². The van der Waals surface area contributed by atoms with Gasteiger partial charge < -0.3 is 5.11 Å². The lowest BCUT2D eigenvalue weighted by Crippen LogP contribution is -2.00. The highest BCUT2D eigenvalue weighted by Gasteiger charge is 2.28. The van der Waals surface area contributed by atoms with Gasteiger partial charge in [-0.15, -0.1) is 11.3 Å². The number of rotatable bonds is 1. The summed E-state index contributed by atoms with van der Waals surface area (Å²) in [6.07, 6.45) is 0. The molecule has 3 nitrogen and oxygen atoms in total. The van der Waals surface area contributed by atoms with Crippen molar-refractivity contribution >= 4 is 23.1 Å². The Kier molecular flexibility index (Phi) is 1.76. The Labute approximate surface area is 95.0 Å². The molecule has 0 atom stereocenters. The molecule has 0 bridgehead atoms. The van der Waals surface area contributed by atoms with E-state index in [9.17, 15) is 9.59 Å². The lowest BCUT2D eigenvalue weighted by molar-refractivity contribution is 0.0697. The van der Waals surface area contributed by atoms with Crippen LogP contribution in [0.15, 0.2) is 29.6 Å². The van der Waals surface area contributed by atoms with Gasteiger partial charge in [0.25, 0.3) is 0 Å². The lowest BCUT2D eigenvalue weighted by Gasteiger charge is -1.99. The number of carbonyl (C=O) groups is 2. The second-order valence-corrected chi connectivity index (χ2v) is 4.47. The van der Waals surface area contributed by atoms with E-state index in [2.05, 4.69) is 0 Å². The van der Waals surface area contributed by atoms with Gasteiger partial charge in [0.05, 0.1) is 5.56 Å². The minimum atomic E-state index is -1.01. The van der Waals surface area contributed by atoms with Crippen LogP contribution in [0.4, 0.5) is 0 Å². The summed E-state index contributed by atoms with van der Waals surface area (Å²) in [5.41, 5.74) is 2.19. The van der Waals surface area contributed by atoms with Crippen LogP contribution < -0.4 is 0 Å². The number of benzene rings is 1. The quantitative estimate of drug-likeness (QED) is 0.699. The Morgan fingerprint density at radius 3 is 2.69 bits per heavy atom. The first-order chi connectivity index (χ1) is 7.68. The van der Waals surface area contributed by atoms with Crippen LogP contribution in [0, 0.1) is 0 Å². The molecule has 1 aliphatic rings. The summed E-state index contributed by atoms with van der Waals surface area (Å²) in [6.45, 7) is 0. The highest BCUT2D eigenvalue weighted by Crippen LogP contribution is 2.40. The fourth-order valence-electron chi connectivity index (χ4n) is 1.90. The molecule has 0 fully saturated rings. The van der Waals surface area contributed by atoms with Crippen LogP contribution in [0.5, 0.6) is 0 Å². The van der Waals surface area contributed by atoms with Gasteiger partial charge in [-0.1, -0.05) is 6.07 Å². The van der Waals surface area contributed by atoms with Gasteiger partial charge in [0.1, 0.15) is 0 Å². The third kappa shape index (κ3) is 1.07. The summed E-state index contributed by atoms with van der Waals surface area (Å²) >= 11 is 1.50. The molecular weight excluding hydrogens is 224 g/mol. The number of carboxylic acid groups (broad SMARTS) is 1. The van der Waals surface area contributed by atoms with Crippen LogP contribution in [0.25, 0.3) is 10.4 Å². The van der Waals surface area contributed by atoms with E-state index in [0.29, 0.717) is 11.1 Å². The molecule has 0 saturated carbocycles. The van der Waals surface area contributed by atoms with Crippen molar-refractivity contribution in [2.75, 3.05) is 0 Å². The summed E-state index contributed by atoms with van der Waals surface area (Å²) in [7, 11) is 0. The van der Waals surface area contributed by atoms with Crippen molar-refractivity contribution in [3.8, 4) is 10.4 Å². The molecule has 0 spiro atoms. The minimum absolute atomic E-state index is 0.0747. The number of carboxylic acids is 1. The second-order valence-electron chi connectivity index (χ2n) is 3.56. The Morgan fingerprint density at radius 1 is 1.12 bits per heavy atom. The fraction of sp³-hybridized carbons (Fsp3) is 0. The van der Waals surface area contributed by atoms with E-state index in [1.54, 1.807) is 12.1 Å². The topological polar surface area (TPSA) is 54.4 Å². The van der Waals surface area contributed by atoms with Crippen LogP contribution in [0.3, 0.4) is 0 Å². The van der Waals surface area contributed by atoms with Crippen molar-refractivity contribution in [1.82, 2.24) is 0 Å². The summed E-state index contributed by atoms with van der Waals surface area (Å²) in [5.74, 6) is -1.08. The standard InChI is InChI=1S/C12H6O3S/c13-10-8-3-4-16-11(8)7-2-1-6(12(14)15)5-9(7)10/h1-5H,(H,14,15). The zero-order valence-corrected chi connectivity index (χ0v) is 8.88. The molecule has 1 N–H and O–H groups in total. The van der Waals surface area contributed by atoms with Gasteiger partial charge in [-0.05, 0) is 23.6 Å². The van der Waals surface area contributed by atoms with Gasteiger partial charge in [0.15, 0.2) is 5.78 Å². The zero-order chi connectivity index (χ0) is 11.3. The Hall–Kier alpha value is -1.94. The van der Waals surface area contributed by atoms with Crippen molar-refractivity contribution < 1.29 is 14.7 Å². The summed E-state index contributed by atoms with van der Waals surface area (Å²) in [4.78, 5) is 23.7. The average Bonchev–Trinajstić information content (AvgIpc) is 2.83. The maximum Gasteiger partial charge on any atom is 0.335 e. The Morgan fingerprint density at radius 2 is 1.94 bits per heavy atom. The van der Waals surface area contributed by atoms with Gasteiger partial charge >= 0.3 is 5.97 Å². The SMILES string of the molecule is O=C(O)c1ccc2c(c1)C(=O)c1ccsc1-2. The van der Waals surface area contributed by atoms with Crippen LogP contribution in [0.2, 0.25) is 0 Å². The van der Waals surface area contributed by atoms with E-state index in [1.807, 2.05) is 5.38 Å². The molecule has 1 heterocycles. The smallest absolute Gasteiger partial charge is 0.335 e. The molecule has 78 valence electrons. The number of fused-ring (bicyclic) bond motifs is 3. The van der Waals surface area contributed by atoms with Crippen LogP contribution in [0.1, 0.15) is 26.3 Å². The fourth-order valence-corrected chi connectivity index (χ4v) is 2.84. The largest absolute Gasteiger partial charge is 0.478 e. The van der Waals surface area contributed by atoms with Crippen molar-refractivity contribution in [2.45, 2.75) is 0 Å². The number of ketones is 1. The first-order valence-corrected chi connectivity index (χ1v) is 5.56. The number of thiophene rings is 1. The van der Waals surface area contributed by atoms with Gasteiger partial charge in [0.2, 0.25) is 0 Å². The molecule has 0 amide bonds. The predicted molar refractivity (Wildman–Crippen MR) is 60.1 cm³/mol. The van der Waals surface area contributed by atoms with Crippen molar-refractivity contribution in [1.29, 1.82) is 0 Å². The van der Waals surface area contributed by atoms with Crippen LogP contribution >= 0.6 is 11.3 Å². The highest BCUT2D eigenvalue weighted by molar-refractivity contribution is 7.14. The molecule has 16 heavy (non-hydrogen) atoms. The number of hydrogen-bond acceptors (Lipinski definition) is 3. The maximum absolute atomic E-state index is 11.9.